The van der Waals surface area contributed by atoms with E-state index in [2.05, 4.69) is 34.5 Å². The molecule has 1 unspecified atom stereocenters. The molecule has 1 atom stereocenters. The Morgan fingerprint density at radius 3 is 2.76 bits per heavy atom. The molecule has 1 aliphatic rings. The summed E-state index contributed by atoms with van der Waals surface area (Å²) in [6.45, 7) is 3.02. The van der Waals surface area contributed by atoms with Crippen LogP contribution in [0.3, 0.4) is 0 Å². The third kappa shape index (κ3) is 3.45. The number of nitrogens with one attached hydrogen (secondary N) is 1. The number of aromatic nitrogens is 5. The predicted molar refractivity (Wildman–Crippen MR) is 135 cm³/mol. The average Bonchev–Trinajstić information content (AvgIpc) is 3.32. The van der Waals surface area contributed by atoms with Crippen molar-refractivity contribution in [3.63, 3.8) is 0 Å². The highest BCUT2D eigenvalue weighted by atomic mass is 32.2. The molecule has 8 heteroatoms. The maximum absolute atomic E-state index is 13.4. The third-order valence-electron chi connectivity index (χ3n) is 6.24. The topological polar surface area (TPSA) is 60.6 Å². The molecule has 5 aromatic rings. The van der Waals surface area contributed by atoms with Gasteiger partial charge in [-0.25, -0.2) is 9.07 Å². The van der Waals surface area contributed by atoms with Crippen LogP contribution >= 0.6 is 11.8 Å². The molecule has 3 aromatic heterocycles. The van der Waals surface area contributed by atoms with Crippen LogP contribution in [0.1, 0.15) is 21.9 Å². The fraction of sp³-hybridized carbons (Fsp3) is 0.192. The minimum atomic E-state index is -0.256. The summed E-state index contributed by atoms with van der Waals surface area (Å²) in [5.41, 5.74) is 7.20. The zero-order valence-electron chi connectivity index (χ0n) is 18.9. The summed E-state index contributed by atoms with van der Waals surface area (Å²) in [5, 5.41) is 14.2. The number of halogens is 1. The number of pyridine rings is 1. The summed E-state index contributed by atoms with van der Waals surface area (Å²) < 4.78 is 17.2. The molecule has 6 rings (SSSR count). The Kier molecular flexibility index (Phi) is 5.10. The molecule has 0 fully saturated rings. The number of benzene rings is 2. The Bertz CT molecular complexity index is 1490. The first-order valence-corrected chi connectivity index (χ1v) is 12.2. The normalized spacial score (nSPS) is 15.7. The molecular weight excluding hydrogens is 447 g/mol. The van der Waals surface area contributed by atoms with Crippen LogP contribution < -0.4 is 5.32 Å². The molecule has 1 N–H and O–H groups in total. The molecule has 1 aliphatic heterocycles. The lowest BCUT2D eigenvalue weighted by Gasteiger charge is -2.19. The lowest BCUT2D eigenvalue weighted by atomic mass is 9.97. The van der Waals surface area contributed by atoms with E-state index in [4.69, 9.17) is 5.10 Å². The van der Waals surface area contributed by atoms with E-state index < -0.39 is 0 Å². The van der Waals surface area contributed by atoms with Crippen molar-refractivity contribution < 1.29 is 4.39 Å². The Labute approximate surface area is 200 Å². The van der Waals surface area contributed by atoms with Crippen LogP contribution in [0.2, 0.25) is 0 Å². The van der Waals surface area contributed by atoms with Gasteiger partial charge in [0.1, 0.15) is 17.3 Å². The van der Waals surface area contributed by atoms with Crippen LogP contribution in [-0.2, 0) is 7.05 Å². The number of aryl methyl sites for hydroxylation is 2. The fourth-order valence-electron chi connectivity index (χ4n) is 4.63. The minimum Gasteiger partial charge on any atom is -0.369 e. The first kappa shape index (κ1) is 20.9. The summed E-state index contributed by atoms with van der Waals surface area (Å²) in [4.78, 5) is 4.59. The van der Waals surface area contributed by atoms with Crippen molar-refractivity contribution in [1.82, 2.24) is 24.5 Å². The van der Waals surface area contributed by atoms with Crippen molar-refractivity contribution in [2.24, 2.45) is 7.05 Å². The van der Waals surface area contributed by atoms with E-state index in [9.17, 15) is 4.39 Å². The Hall–Kier alpha value is -3.65. The van der Waals surface area contributed by atoms with Crippen molar-refractivity contribution in [1.29, 1.82) is 0 Å². The van der Waals surface area contributed by atoms with Crippen molar-refractivity contribution in [3.05, 3.63) is 89.5 Å². The molecule has 6 nitrogen and oxygen atoms in total. The molecule has 0 aliphatic carbocycles. The minimum absolute atomic E-state index is 0.106. The summed E-state index contributed by atoms with van der Waals surface area (Å²) >= 11 is 1.92. The molecule has 0 radical (unpaired) electrons. The number of anilines is 1. The van der Waals surface area contributed by atoms with E-state index >= 15 is 0 Å². The van der Waals surface area contributed by atoms with Crippen LogP contribution in [-0.4, -0.2) is 36.8 Å². The SMILES string of the molecule is Cc1cc2c(cnn2-c2ccc(F)cc2)cc1C1SCCNc2c1c(-c1ccccn1)nn2C. The van der Waals surface area contributed by atoms with Crippen LogP contribution in [0.5, 0.6) is 0 Å². The van der Waals surface area contributed by atoms with Crippen molar-refractivity contribution in [2.45, 2.75) is 12.2 Å². The van der Waals surface area contributed by atoms with Gasteiger partial charge < -0.3 is 5.32 Å². The van der Waals surface area contributed by atoms with E-state index in [-0.39, 0.29) is 11.1 Å². The quantitative estimate of drug-likeness (QED) is 0.376. The Morgan fingerprint density at radius 1 is 1.12 bits per heavy atom. The number of thioether (sulfide) groups is 1. The Morgan fingerprint density at radius 2 is 1.97 bits per heavy atom. The smallest absolute Gasteiger partial charge is 0.129 e. The number of fused-ring (bicyclic) bond motifs is 2. The van der Waals surface area contributed by atoms with Gasteiger partial charge in [-0.2, -0.15) is 10.2 Å². The maximum atomic E-state index is 13.4. The van der Waals surface area contributed by atoms with Gasteiger partial charge in [0.25, 0.3) is 0 Å². The number of hydrogen-bond acceptors (Lipinski definition) is 5. The van der Waals surface area contributed by atoms with Gasteiger partial charge in [0, 0.05) is 36.5 Å². The third-order valence-corrected chi connectivity index (χ3v) is 7.50. The van der Waals surface area contributed by atoms with E-state index in [1.165, 1.54) is 23.3 Å². The van der Waals surface area contributed by atoms with Gasteiger partial charge in [0.05, 0.1) is 28.3 Å². The van der Waals surface area contributed by atoms with Crippen molar-refractivity contribution >= 4 is 28.5 Å². The zero-order chi connectivity index (χ0) is 23.2. The van der Waals surface area contributed by atoms with Crippen LogP contribution in [0.4, 0.5) is 10.2 Å². The first-order chi connectivity index (χ1) is 16.6. The van der Waals surface area contributed by atoms with Gasteiger partial charge in [-0.15, -0.1) is 11.8 Å². The molecule has 34 heavy (non-hydrogen) atoms. The first-order valence-electron chi connectivity index (χ1n) is 11.2. The molecule has 4 heterocycles. The fourth-order valence-corrected chi connectivity index (χ4v) is 5.91. The lowest BCUT2D eigenvalue weighted by Crippen LogP contribution is -2.06. The van der Waals surface area contributed by atoms with E-state index in [0.717, 1.165) is 51.7 Å². The number of rotatable bonds is 3. The van der Waals surface area contributed by atoms with Gasteiger partial charge in [-0.3, -0.25) is 9.67 Å². The molecule has 0 bridgehead atoms. The van der Waals surface area contributed by atoms with Crippen LogP contribution in [0, 0.1) is 12.7 Å². The Balaban J connectivity index is 1.51. The van der Waals surface area contributed by atoms with Gasteiger partial charge in [-0.1, -0.05) is 6.07 Å². The second-order valence-corrected chi connectivity index (χ2v) is 9.64. The summed E-state index contributed by atoms with van der Waals surface area (Å²) in [5.74, 6) is 1.76. The zero-order valence-corrected chi connectivity index (χ0v) is 19.7. The van der Waals surface area contributed by atoms with Gasteiger partial charge in [0.15, 0.2) is 0 Å². The highest BCUT2D eigenvalue weighted by Crippen LogP contribution is 2.46. The number of hydrogen-bond donors (Lipinski definition) is 1. The van der Waals surface area contributed by atoms with Crippen LogP contribution in [0.15, 0.2) is 67.0 Å². The second-order valence-electron chi connectivity index (χ2n) is 8.43. The molecule has 170 valence electrons. The number of nitrogens with zero attached hydrogens (tertiary/aromatic N) is 5. The van der Waals surface area contributed by atoms with Crippen molar-refractivity contribution in [2.75, 3.05) is 17.6 Å². The van der Waals surface area contributed by atoms with E-state index in [1.807, 2.05) is 58.8 Å². The second kappa shape index (κ2) is 8.29. The lowest BCUT2D eigenvalue weighted by molar-refractivity contribution is 0.627. The molecule has 0 saturated heterocycles. The van der Waals surface area contributed by atoms with Crippen LogP contribution in [0.25, 0.3) is 28.0 Å². The van der Waals surface area contributed by atoms with E-state index in [1.54, 1.807) is 12.1 Å². The standard InChI is InChI=1S/C26H23FN6S/c1-16-13-22-17(15-30-33(22)19-8-6-18(27)7-9-19)14-20(16)25-23-24(21-5-3-4-10-28-21)31-32(2)26(23)29-11-12-34-25/h3-10,13-15,25,29H,11-12H2,1-2H3. The molecule has 0 spiro atoms. The monoisotopic (exact) mass is 470 g/mol. The largest absolute Gasteiger partial charge is 0.369 e. The highest BCUT2D eigenvalue weighted by Gasteiger charge is 2.30. The molecule has 2 aromatic carbocycles. The maximum Gasteiger partial charge on any atom is 0.129 e. The van der Waals surface area contributed by atoms with Gasteiger partial charge in [-0.05, 0) is 66.6 Å². The highest BCUT2D eigenvalue weighted by molar-refractivity contribution is 7.99. The predicted octanol–water partition coefficient (Wildman–Crippen LogP) is 5.52. The molecular formula is C26H23FN6S. The van der Waals surface area contributed by atoms with E-state index in [0.29, 0.717) is 0 Å². The summed E-state index contributed by atoms with van der Waals surface area (Å²) in [6, 6.07) is 16.8. The van der Waals surface area contributed by atoms with Gasteiger partial charge in [0.2, 0.25) is 0 Å². The molecule has 0 amide bonds. The van der Waals surface area contributed by atoms with Gasteiger partial charge >= 0.3 is 0 Å². The summed E-state index contributed by atoms with van der Waals surface area (Å²) in [6.07, 6.45) is 3.69. The summed E-state index contributed by atoms with van der Waals surface area (Å²) in [7, 11) is 1.98. The van der Waals surface area contributed by atoms with Crippen molar-refractivity contribution in [3.8, 4) is 17.1 Å². The molecule has 0 saturated carbocycles. The average molecular weight is 471 g/mol.